The first-order valence-corrected chi connectivity index (χ1v) is 10.2. The molecule has 2 aromatic rings. The fourth-order valence-electron chi connectivity index (χ4n) is 3.67. The molecule has 0 aromatic heterocycles. The van der Waals surface area contributed by atoms with Crippen LogP contribution in [0.2, 0.25) is 0 Å². The second-order valence-corrected chi connectivity index (χ2v) is 7.33. The van der Waals surface area contributed by atoms with Crippen molar-refractivity contribution < 1.29 is 14.0 Å². The molecule has 0 bridgehead atoms. The van der Waals surface area contributed by atoms with Crippen LogP contribution in [-0.4, -0.2) is 42.9 Å². The normalized spacial score (nSPS) is 16.2. The van der Waals surface area contributed by atoms with Crippen LogP contribution in [0.3, 0.4) is 0 Å². The predicted molar refractivity (Wildman–Crippen MR) is 113 cm³/mol. The zero-order valence-corrected chi connectivity index (χ0v) is 17.0. The van der Waals surface area contributed by atoms with Crippen LogP contribution in [0.4, 0.5) is 15.8 Å². The predicted octanol–water partition coefficient (Wildman–Crippen LogP) is 3.70. The van der Waals surface area contributed by atoms with E-state index in [-0.39, 0.29) is 30.0 Å². The third kappa shape index (κ3) is 5.34. The number of benzene rings is 2. The van der Waals surface area contributed by atoms with Crippen LogP contribution >= 0.6 is 0 Å². The van der Waals surface area contributed by atoms with Crippen LogP contribution in [0.1, 0.15) is 25.8 Å². The minimum Gasteiger partial charge on any atom is -0.372 e. The lowest BCUT2D eigenvalue weighted by Gasteiger charge is -2.21. The van der Waals surface area contributed by atoms with Gasteiger partial charge in [-0.25, -0.2) is 4.39 Å². The van der Waals surface area contributed by atoms with E-state index < -0.39 is 0 Å². The molecular formula is C23H28FN3O2. The quantitative estimate of drug-likeness (QED) is 0.739. The molecule has 154 valence electrons. The molecule has 1 atom stereocenters. The Morgan fingerprint density at radius 2 is 1.76 bits per heavy atom. The summed E-state index contributed by atoms with van der Waals surface area (Å²) in [5, 5.41) is 2.93. The smallest absolute Gasteiger partial charge is 0.229 e. The lowest BCUT2D eigenvalue weighted by molar-refractivity contribution is -0.128. The van der Waals surface area contributed by atoms with Gasteiger partial charge in [0.1, 0.15) is 5.82 Å². The van der Waals surface area contributed by atoms with Crippen molar-refractivity contribution in [1.29, 1.82) is 0 Å². The molecule has 1 aliphatic heterocycles. The van der Waals surface area contributed by atoms with Gasteiger partial charge in [0.2, 0.25) is 11.8 Å². The molecule has 29 heavy (non-hydrogen) atoms. The van der Waals surface area contributed by atoms with Crippen LogP contribution in [0, 0.1) is 11.7 Å². The zero-order chi connectivity index (χ0) is 20.8. The van der Waals surface area contributed by atoms with Crippen LogP contribution < -0.4 is 10.2 Å². The molecule has 3 rings (SSSR count). The molecule has 1 aliphatic rings. The average Bonchev–Trinajstić information content (AvgIpc) is 3.10. The zero-order valence-electron chi connectivity index (χ0n) is 17.0. The van der Waals surface area contributed by atoms with Gasteiger partial charge < -0.3 is 15.1 Å². The lowest BCUT2D eigenvalue weighted by Crippen LogP contribution is -2.30. The molecule has 1 saturated heterocycles. The minimum absolute atomic E-state index is 0.0101. The highest BCUT2D eigenvalue weighted by atomic mass is 19.1. The molecule has 1 fully saturated rings. The number of rotatable bonds is 8. The number of likely N-dealkylation sites (tertiary alicyclic amines) is 1. The number of carbonyl (C=O) groups is 2. The van der Waals surface area contributed by atoms with Crippen LogP contribution in [0.15, 0.2) is 48.5 Å². The summed E-state index contributed by atoms with van der Waals surface area (Å²) in [5.41, 5.74) is 2.83. The second-order valence-electron chi connectivity index (χ2n) is 7.33. The van der Waals surface area contributed by atoms with Crippen molar-refractivity contribution in [2.45, 2.75) is 26.7 Å². The highest BCUT2D eigenvalue weighted by molar-refractivity contribution is 5.97. The van der Waals surface area contributed by atoms with Crippen molar-refractivity contribution in [3.05, 3.63) is 59.9 Å². The summed E-state index contributed by atoms with van der Waals surface area (Å²) in [4.78, 5) is 28.8. The van der Waals surface area contributed by atoms with E-state index in [2.05, 4.69) is 24.1 Å². The Hall–Kier alpha value is -2.89. The van der Waals surface area contributed by atoms with E-state index in [1.54, 1.807) is 17.0 Å². The van der Waals surface area contributed by atoms with Gasteiger partial charge in [-0.15, -0.1) is 0 Å². The van der Waals surface area contributed by atoms with Crippen molar-refractivity contribution in [2.75, 3.05) is 36.4 Å². The SMILES string of the molecule is CCN(CC)c1ccc(NC(=O)C2CC(=O)N(CCc3ccc(F)cc3)C2)cc1. The maximum atomic E-state index is 13.0. The van der Waals surface area contributed by atoms with Gasteiger partial charge in [0.05, 0.1) is 5.92 Å². The Morgan fingerprint density at radius 3 is 2.38 bits per heavy atom. The summed E-state index contributed by atoms with van der Waals surface area (Å²) >= 11 is 0. The summed E-state index contributed by atoms with van der Waals surface area (Å²) in [6.45, 7) is 7.03. The van der Waals surface area contributed by atoms with Gasteiger partial charge in [-0.1, -0.05) is 12.1 Å². The average molecular weight is 397 g/mol. The Bertz CT molecular complexity index is 832. The molecule has 1 unspecified atom stereocenters. The third-order valence-corrected chi connectivity index (χ3v) is 5.43. The molecule has 2 amide bonds. The molecule has 0 saturated carbocycles. The summed E-state index contributed by atoms with van der Waals surface area (Å²) in [5.74, 6) is -0.756. The number of hydrogen-bond acceptors (Lipinski definition) is 3. The molecule has 1 heterocycles. The van der Waals surface area contributed by atoms with E-state index in [4.69, 9.17) is 0 Å². The van der Waals surface area contributed by atoms with Gasteiger partial charge in [0, 0.05) is 44.0 Å². The maximum absolute atomic E-state index is 13.0. The summed E-state index contributed by atoms with van der Waals surface area (Å²) in [7, 11) is 0. The lowest BCUT2D eigenvalue weighted by atomic mass is 10.1. The first-order valence-electron chi connectivity index (χ1n) is 10.2. The fourth-order valence-corrected chi connectivity index (χ4v) is 3.67. The van der Waals surface area contributed by atoms with E-state index >= 15 is 0 Å². The Balaban J connectivity index is 1.52. The molecule has 0 aliphatic carbocycles. The monoisotopic (exact) mass is 397 g/mol. The first kappa shape index (κ1) is 20.8. The van der Waals surface area contributed by atoms with Crippen LogP contribution in [-0.2, 0) is 16.0 Å². The number of carbonyl (C=O) groups excluding carboxylic acids is 2. The minimum atomic E-state index is -0.349. The van der Waals surface area contributed by atoms with Crippen molar-refractivity contribution in [1.82, 2.24) is 4.90 Å². The highest BCUT2D eigenvalue weighted by Crippen LogP contribution is 2.22. The molecule has 0 radical (unpaired) electrons. The molecule has 2 aromatic carbocycles. The summed E-state index contributed by atoms with van der Waals surface area (Å²) in [6, 6.07) is 14.1. The van der Waals surface area contributed by atoms with Crippen LogP contribution in [0.25, 0.3) is 0 Å². The number of halogens is 1. The maximum Gasteiger partial charge on any atom is 0.229 e. The topological polar surface area (TPSA) is 52.7 Å². The van der Waals surface area contributed by atoms with Gasteiger partial charge in [0.15, 0.2) is 0 Å². The summed E-state index contributed by atoms with van der Waals surface area (Å²) < 4.78 is 13.0. The largest absolute Gasteiger partial charge is 0.372 e. The first-order chi connectivity index (χ1) is 14.0. The number of nitrogens with zero attached hydrogens (tertiary/aromatic N) is 2. The number of amides is 2. The van der Waals surface area contributed by atoms with Gasteiger partial charge in [-0.3, -0.25) is 9.59 Å². The Morgan fingerprint density at radius 1 is 1.10 bits per heavy atom. The van der Waals surface area contributed by atoms with Gasteiger partial charge >= 0.3 is 0 Å². The molecule has 0 spiro atoms. The van der Waals surface area contributed by atoms with Crippen molar-refractivity contribution in [3.8, 4) is 0 Å². The second kappa shape index (κ2) is 9.54. The van der Waals surface area contributed by atoms with Gasteiger partial charge in [-0.05, 0) is 62.2 Å². The Labute approximate surface area is 171 Å². The number of nitrogens with one attached hydrogen (secondary N) is 1. The standard InChI is InChI=1S/C23H28FN3O2/c1-3-26(4-2)21-11-9-20(10-12-21)25-23(29)18-15-22(28)27(16-18)14-13-17-5-7-19(24)8-6-17/h5-12,18H,3-4,13-16H2,1-2H3,(H,25,29). The molecule has 5 nitrogen and oxygen atoms in total. The number of hydrogen-bond donors (Lipinski definition) is 1. The van der Waals surface area contributed by atoms with E-state index in [0.717, 1.165) is 30.0 Å². The van der Waals surface area contributed by atoms with Crippen molar-refractivity contribution in [2.24, 2.45) is 5.92 Å². The van der Waals surface area contributed by atoms with E-state index in [1.165, 1.54) is 12.1 Å². The van der Waals surface area contributed by atoms with Crippen molar-refractivity contribution in [3.63, 3.8) is 0 Å². The molecule has 6 heteroatoms. The van der Waals surface area contributed by atoms with Crippen LogP contribution in [0.5, 0.6) is 0 Å². The third-order valence-electron chi connectivity index (χ3n) is 5.43. The Kier molecular flexibility index (Phi) is 6.86. The fraction of sp³-hybridized carbons (Fsp3) is 0.391. The number of anilines is 2. The van der Waals surface area contributed by atoms with E-state index in [9.17, 15) is 14.0 Å². The van der Waals surface area contributed by atoms with Gasteiger partial charge in [-0.2, -0.15) is 0 Å². The highest BCUT2D eigenvalue weighted by Gasteiger charge is 2.34. The van der Waals surface area contributed by atoms with Crippen molar-refractivity contribution >= 4 is 23.2 Å². The van der Waals surface area contributed by atoms with Gasteiger partial charge in [0.25, 0.3) is 0 Å². The van der Waals surface area contributed by atoms with E-state index in [1.807, 2.05) is 24.3 Å². The molecular weight excluding hydrogens is 369 g/mol. The summed E-state index contributed by atoms with van der Waals surface area (Å²) in [6.07, 6.45) is 0.875. The molecule has 1 N–H and O–H groups in total. The van der Waals surface area contributed by atoms with E-state index in [0.29, 0.717) is 19.5 Å².